The Hall–Kier alpha value is -1.42. The van der Waals surface area contributed by atoms with Crippen LogP contribution in [0.15, 0.2) is 36.4 Å². The van der Waals surface area contributed by atoms with Gasteiger partial charge in [-0.1, -0.05) is 41.4 Å². The Morgan fingerprint density at radius 1 is 1.05 bits per heavy atom. The van der Waals surface area contributed by atoms with Gasteiger partial charge in [-0.3, -0.25) is 5.84 Å². The fourth-order valence-corrected chi connectivity index (χ4v) is 2.44. The SMILES string of the molecule is Cc1ccc(C(NN)c2cc(C)ccc2F)c(Cl)c1. The molecule has 0 spiro atoms. The van der Waals surface area contributed by atoms with E-state index in [0.717, 1.165) is 16.7 Å². The summed E-state index contributed by atoms with van der Waals surface area (Å²) in [6.45, 7) is 3.86. The molecule has 0 radical (unpaired) electrons. The number of nitrogens with two attached hydrogens (primary N) is 1. The third kappa shape index (κ3) is 2.95. The van der Waals surface area contributed by atoms with Gasteiger partial charge in [0.15, 0.2) is 0 Å². The van der Waals surface area contributed by atoms with Gasteiger partial charge < -0.3 is 0 Å². The number of aryl methyl sites for hydroxylation is 2. The first-order valence-corrected chi connectivity index (χ1v) is 6.39. The highest BCUT2D eigenvalue weighted by atomic mass is 35.5. The van der Waals surface area contributed by atoms with Gasteiger partial charge in [0.05, 0.1) is 6.04 Å². The van der Waals surface area contributed by atoms with Crippen LogP contribution < -0.4 is 11.3 Å². The molecular weight excluding hydrogens is 263 g/mol. The summed E-state index contributed by atoms with van der Waals surface area (Å²) >= 11 is 6.23. The predicted octanol–water partition coefficient (Wildman–Crippen LogP) is 3.65. The second kappa shape index (κ2) is 5.70. The number of benzene rings is 2. The zero-order valence-electron chi connectivity index (χ0n) is 10.9. The van der Waals surface area contributed by atoms with Crippen molar-refractivity contribution < 1.29 is 4.39 Å². The maximum Gasteiger partial charge on any atom is 0.128 e. The molecule has 0 aliphatic rings. The van der Waals surface area contributed by atoms with Crippen LogP contribution in [0.1, 0.15) is 28.3 Å². The van der Waals surface area contributed by atoms with Crippen molar-refractivity contribution in [3.63, 3.8) is 0 Å². The van der Waals surface area contributed by atoms with Gasteiger partial charge in [0.25, 0.3) is 0 Å². The molecule has 1 unspecified atom stereocenters. The number of hydrazine groups is 1. The summed E-state index contributed by atoms with van der Waals surface area (Å²) < 4.78 is 14.0. The second-order valence-electron chi connectivity index (χ2n) is 4.65. The van der Waals surface area contributed by atoms with Crippen LogP contribution in [0.25, 0.3) is 0 Å². The summed E-state index contributed by atoms with van der Waals surface area (Å²) in [6.07, 6.45) is 0. The highest BCUT2D eigenvalue weighted by Crippen LogP contribution is 2.30. The molecule has 2 aromatic carbocycles. The Kier molecular flexibility index (Phi) is 4.20. The Morgan fingerprint density at radius 2 is 1.68 bits per heavy atom. The van der Waals surface area contributed by atoms with Crippen LogP contribution in [0, 0.1) is 19.7 Å². The van der Waals surface area contributed by atoms with Crippen molar-refractivity contribution in [2.75, 3.05) is 0 Å². The fraction of sp³-hybridized carbons (Fsp3) is 0.200. The van der Waals surface area contributed by atoms with Crippen molar-refractivity contribution in [1.29, 1.82) is 0 Å². The molecule has 1 atom stereocenters. The molecule has 2 rings (SSSR count). The van der Waals surface area contributed by atoms with E-state index in [1.165, 1.54) is 6.07 Å². The van der Waals surface area contributed by atoms with Crippen molar-refractivity contribution in [3.8, 4) is 0 Å². The minimum Gasteiger partial charge on any atom is -0.271 e. The van der Waals surface area contributed by atoms with Crippen LogP contribution in [0.3, 0.4) is 0 Å². The highest BCUT2D eigenvalue weighted by molar-refractivity contribution is 6.31. The molecule has 100 valence electrons. The second-order valence-corrected chi connectivity index (χ2v) is 5.06. The molecule has 4 heteroatoms. The monoisotopic (exact) mass is 278 g/mol. The van der Waals surface area contributed by atoms with E-state index >= 15 is 0 Å². The van der Waals surface area contributed by atoms with Gasteiger partial charge in [-0.15, -0.1) is 0 Å². The summed E-state index contributed by atoms with van der Waals surface area (Å²) in [6, 6.07) is 10.1. The van der Waals surface area contributed by atoms with E-state index in [0.29, 0.717) is 10.6 Å². The molecule has 0 aromatic heterocycles. The maximum absolute atomic E-state index is 14.0. The van der Waals surface area contributed by atoms with Gasteiger partial charge in [-0.25, -0.2) is 9.82 Å². The molecule has 0 fully saturated rings. The van der Waals surface area contributed by atoms with Gasteiger partial charge in [-0.05, 0) is 37.1 Å². The maximum atomic E-state index is 14.0. The third-order valence-corrected chi connectivity index (χ3v) is 3.42. The van der Waals surface area contributed by atoms with Gasteiger partial charge in [-0.2, -0.15) is 0 Å². The standard InChI is InChI=1S/C15H16ClFN2/c1-9-4-6-14(17)12(7-9)15(19-18)11-5-3-10(2)8-13(11)16/h3-8,15,19H,18H2,1-2H3. The Labute approximate surface area is 117 Å². The number of hydrogen-bond acceptors (Lipinski definition) is 2. The summed E-state index contributed by atoms with van der Waals surface area (Å²) in [4.78, 5) is 0. The lowest BCUT2D eigenvalue weighted by Crippen LogP contribution is -2.29. The summed E-state index contributed by atoms with van der Waals surface area (Å²) in [7, 11) is 0. The van der Waals surface area contributed by atoms with Crippen LogP contribution in [0.5, 0.6) is 0 Å². The lowest BCUT2D eigenvalue weighted by atomic mass is 9.96. The lowest BCUT2D eigenvalue weighted by Gasteiger charge is -2.19. The van der Waals surface area contributed by atoms with Crippen molar-refractivity contribution in [2.45, 2.75) is 19.9 Å². The molecule has 0 saturated carbocycles. The van der Waals surface area contributed by atoms with E-state index in [2.05, 4.69) is 5.43 Å². The average Bonchev–Trinajstić information content (AvgIpc) is 2.36. The molecule has 0 heterocycles. The highest BCUT2D eigenvalue weighted by Gasteiger charge is 2.19. The van der Waals surface area contributed by atoms with Gasteiger partial charge in [0.2, 0.25) is 0 Å². The van der Waals surface area contributed by atoms with Crippen molar-refractivity contribution >= 4 is 11.6 Å². The minimum absolute atomic E-state index is 0.301. The largest absolute Gasteiger partial charge is 0.271 e. The normalized spacial score (nSPS) is 12.5. The average molecular weight is 279 g/mol. The van der Waals surface area contributed by atoms with Gasteiger partial charge in [0.1, 0.15) is 5.82 Å². The van der Waals surface area contributed by atoms with Crippen LogP contribution in [-0.4, -0.2) is 0 Å². The number of halogens is 2. The number of nitrogens with one attached hydrogen (secondary N) is 1. The Balaban J connectivity index is 2.52. The smallest absolute Gasteiger partial charge is 0.128 e. The minimum atomic E-state index is -0.465. The molecule has 0 bridgehead atoms. The molecule has 0 aliphatic carbocycles. The predicted molar refractivity (Wildman–Crippen MR) is 76.5 cm³/mol. The topological polar surface area (TPSA) is 38.0 Å². The van der Waals surface area contributed by atoms with Crippen LogP contribution in [-0.2, 0) is 0 Å². The third-order valence-electron chi connectivity index (χ3n) is 3.10. The van der Waals surface area contributed by atoms with Crippen LogP contribution in [0.2, 0.25) is 5.02 Å². The quantitative estimate of drug-likeness (QED) is 0.664. The van der Waals surface area contributed by atoms with Gasteiger partial charge >= 0.3 is 0 Å². The lowest BCUT2D eigenvalue weighted by molar-refractivity contribution is 0.559. The zero-order chi connectivity index (χ0) is 14.0. The zero-order valence-corrected chi connectivity index (χ0v) is 11.6. The van der Waals surface area contributed by atoms with Crippen LogP contribution >= 0.6 is 11.6 Å². The Bertz CT molecular complexity index is 599. The first-order valence-electron chi connectivity index (χ1n) is 6.01. The molecule has 2 aromatic rings. The van der Waals surface area contributed by atoms with Crippen molar-refractivity contribution in [3.05, 3.63) is 69.5 Å². The first kappa shape index (κ1) is 14.0. The van der Waals surface area contributed by atoms with E-state index in [1.807, 2.05) is 32.0 Å². The molecule has 0 amide bonds. The molecule has 2 nitrogen and oxygen atoms in total. The fourth-order valence-electron chi connectivity index (χ4n) is 2.10. The number of rotatable bonds is 3. The van der Waals surface area contributed by atoms with Crippen LogP contribution in [0.4, 0.5) is 4.39 Å². The first-order chi connectivity index (χ1) is 9.02. The molecular formula is C15H16ClFN2. The molecule has 0 saturated heterocycles. The Morgan fingerprint density at radius 3 is 2.32 bits per heavy atom. The molecule has 0 aliphatic heterocycles. The summed E-state index contributed by atoms with van der Waals surface area (Å²) in [5.41, 5.74) is 5.92. The number of hydrogen-bond donors (Lipinski definition) is 2. The molecule has 3 N–H and O–H groups in total. The van der Waals surface area contributed by atoms with Crippen molar-refractivity contribution in [1.82, 2.24) is 5.43 Å². The van der Waals surface area contributed by atoms with E-state index < -0.39 is 6.04 Å². The van der Waals surface area contributed by atoms with Gasteiger partial charge in [0, 0.05) is 10.6 Å². The molecule has 19 heavy (non-hydrogen) atoms. The summed E-state index contributed by atoms with van der Waals surface area (Å²) in [5, 5.41) is 0.573. The summed E-state index contributed by atoms with van der Waals surface area (Å²) in [5.74, 6) is 5.29. The van der Waals surface area contributed by atoms with E-state index in [4.69, 9.17) is 17.4 Å². The van der Waals surface area contributed by atoms with E-state index in [-0.39, 0.29) is 5.82 Å². The van der Waals surface area contributed by atoms with E-state index in [9.17, 15) is 4.39 Å². The van der Waals surface area contributed by atoms with Crippen molar-refractivity contribution in [2.24, 2.45) is 5.84 Å². The van der Waals surface area contributed by atoms with E-state index in [1.54, 1.807) is 12.1 Å².